The Bertz CT molecular complexity index is 541. The van der Waals surface area contributed by atoms with E-state index in [1.54, 1.807) is 0 Å². The van der Waals surface area contributed by atoms with Crippen molar-refractivity contribution in [3.63, 3.8) is 0 Å². The van der Waals surface area contributed by atoms with Crippen LogP contribution >= 0.6 is 11.6 Å². The maximum absolute atomic E-state index is 9.09. The van der Waals surface area contributed by atoms with E-state index in [-0.39, 0.29) is 12.0 Å². The van der Waals surface area contributed by atoms with E-state index < -0.39 is 0 Å². The Hall–Kier alpha value is -1.44. The number of hydrogen-bond donors (Lipinski definition) is 1. The fourth-order valence-electron chi connectivity index (χ4n) is 2.87. The van der Waals surface area contributed by atoms with Crippen molar-refractivity contribution in [2.24, 2.45) is 5.92 Å². The lowest BCUT2D eigenvalue weighted by Crippen LogP contribution is -2.31. The first-order valence-corrected chi connectivity index (χ1v) is 7.37. The number of ether oxygens (including phenoxy) is 2. The van der Waals surface area contributed by atoms with Crippen LogP contribution < -0.4 is 14.8 Å². The highest BCUT2D eigenvalue weighted by Crippen LogP contribution is 2.38. The third-order valence-electron chi connectivity index (χ3n) is 3.91. The normalized spacial score (nSPS) is 24.4. The van der Waals surface area contributed by atoms with Crippen molar-refractivity contribution in [2.45, 2.75) is 31.8 Å². The minimum Gasteiger partial charge on any atom is -0.486 e. The topological polar surface area (TPSA) is 54.3 Å². The molecule has 5 heteroatoms. The lowest BCUT2D eigenvalue weighted by Gasteiger charge is -2.21. The number of nitrogens with one attached hydrogen (secondary N) is 1. The van der Waals surface area contributed by atoms with Gasteiger partial charge >= 0.3 is 0 Å². The predicted molar refractivity (Wildman–Crippen MR) is 76.0 cm³/mol. The van der Waals surface area contributed by atoms with Crippen LogP contribution in [0.4, 0.5) is 0 Å². The van der Waals surface area contributed by atoms with Gasteiger partial charge in [-0.15, -0.1) is 0 Å². The zero-order chi connectivity index (χ0) is 13.9. The highest BCUT2D eigenvalue weighted by Gasteiger charge is 2.26. The number of benzene rings is 1. The van der Waals surface area contributed by atoms with E-state index in [4.69, 9.17) is 26.3 Å². The van der Waals surface area contributed by atoms with E-state index in [1.807, 2.05) is 12.1 Å². The number of hydrogen-bond acceptors (Lipinski definition) is 4. The minimum atomic E-state index is 0.127. The van der Waals surface area contributed by atoms with Gasteiger partial charge in [0.25, 0.3) is 0 Å². The fourth-order valence-corrected chi connectivity index (χ4v) is 3.16. The molecule has 1 aromatic carbocycles. The summed E-state index contributed by atoms with van der Waals surface area (Å²) in [6.07, 6.45) is 3.18. The number of nitrogens with zero attached hydrogens (tertiary/aromatic N) is 1. The molecular weight excluding hydrogens is 276 g/mol. The molecule has 20 heavy (non-hydrogen) atoms. The van der Waals surface area contributed by atoms with Gasteiger partial charge in [-0.25, -0.2) is 0 Å². The molecule has 4 nitrogen and oxygen atoms in total. The van der Waals surface area contributed by atoms with Crippen molar-refractivity contribution >= 4 is 11.6 Å². The van der Waals surface area contributed by atoms with Crippen molar-refractivity contribution in [3.05, 3.63) is 22.7 Å². The maximum Gasteiger partial charge on any atom is 0.179 e. The molecule has 2 atom stereocenters. The Morgan fingerprint density at radius 2 is 2.15 bits per heavy atom. The molecule has 1 N–H and O–H groups in total. The summed E-state index contributed by atoms with van der Waals surface area (Å²) in [6, 6.07) is 6.53. The summed E-state index contributed by atoms with van der Waals surface area (Å²) in [5.41, 5.74) is 1.06. The first-order valence-electron chi connectivity index (χ1n) is 6.99. The van der Waals surface area contributed by atoms with E-state index in [9.17, 15) is 0 Å². The van der Waals surface area contributed by atoms with E-state index in [2.05, 4.69) is 11.4 Å². The molecule has 0 saturated heterocycles. The smallest absolute Gasteiger partial charge is 0.179 e. The lowest BCUT2D eigenvalue weighted by molar-refractivity contribution is 0.171. The van der Waals surface area contributed by atoms with Crippen LogP contribution in [0.2, 0.25) is 5.02 Å². The van der Waals surface area contributed by atoms with Gasteiger partial charge in [0.1, 0.15) is 13.2 Å². The first kappa shape index (κ1) is 13.5. The van der Waals surface area contributed by atoms with Crippen LogP contribution in [0.3, 0.4) is 0 Å². The molecule has 1 fully saturated rings. The van der Waals surface area contributed by atoms with E-state index in [0.717, 1.165) is 24.8 Å². The molecule has 0 aromatic heterocycles. The van der Waals surface area contributed by atoms with Gasteiger partial charge in [0, 0.05) is 12.6 Å². The molecule has 1 aliphatic carbocycles. The summed E-state index contributed by atoms with van der Waals surface area (Å²) >= 11 is 6.21. The van der Waals surface area contributed by atoms with Crippen molar-refractivity contribution in [2.75, 3.05) is 13.2 Å². The van der Waals surface area contributed by atoms with Crippen molar-refractivity contribution in [3.8, 4) is 17.6 Å². The van der Waals surface area contributed by atoms with Gasteiger partial charge in [0.05, 0.1) is 17.0 Å². The molecule has 1 aromatic rings. The number of nitriles is 1. The number of rotatable bonds is 3. The second-order valence-electron chi connectivity index (χ2n) is 5.26. The highest BCUT2D eigenvalue weighted by molar-refractivity contribution is 6.32. The largest absolute Gasteiger partial charge is 0.486 e. The third-order valence-corrected chi connectivity index (χ3v) is 4.19. The van der Waals surface area contributed by atoms with Crippen LogP contribution in [-0.2, 0) is 6.54 Å². The van der Waals surface area contributed by atoms with Gasteiger partial charge in [0.15, 0.2) is 11.5 Å². The maximum atomic E-state index is 9.09. The zero-order valence-electron chi connectivity index (χ0n) is 11.2. The van der Waals surface area contributed by atoms with Gasteiger partial charge < -0.3 is 14.8 Å². The Morgan fingerprint density at radius 3 is 3.00 bits per heavy atom. The molecule has 0 radical (unpaired) electrons. The molecule has 2 aliphatic rings. The predicted octanol–water partition coefficient (Wildman–Crippen LogP) is 2.89. The highest BCUT2D eigenvalue weighted by atomic mass is 35.5. The Balaban J connectivity index is 1.69. The molecule has 1 heterocycles. The molecule has 0 bridgehead atoms. The van der Waals surface area contributed by atoms with Crippen molar-refractivity contribution in [1.82, 2.24) is 5.32 Å². The van der Waals surface area contributed by atoms with E-state index in [0.29, 0.717) is 36.3 Å². The molecule has 1 aliphatic heterocycles. The Labute approximate surface area is 123 Å². The zero-order valence-corrected chi connectivity index (χ0v) is 11.9. The Kier molecular flexibility index (Phi) is 4.00. The average Bonchev–Trinajstić information content (AvgIpc) is 2.93. The first-order chi connectivity index (χ1) is 9.78. The monoisotopic (exact) mass is 292 g/mol. The molecule has 2 unspecified atom stereocenters. The summed E-state index contributed by atoms with van der Waals surface area (Å²) in [5.74, 6) is 1.48. The third kappa shape index (κ3) is 2.70. The van der Waals surface area contributed by atoms with Crippen LogP contribution in [-0.4, -0.2) is 19.3 Å². The summed E-state index contributed by atoms with van der Waals surface area (Å²) in [4.78, 5) is 0. The van der Waals surface area contributed by atoms with Crippen LogP contribution in [0.5, 0.6) is 11.5 Å². The second-order valence-corrected chi connectivity index (χ2v) is 5.66. The van der Waals surface area contributed by atoms with E-state index in [1.165, 1.54) is 0 Å². The van der Waals surface area contributed by atoms with Gasteiger partial charge in [-0.2, -0.15) is 5.26 Å². The fraction of sp³-hybridized carbons (Fsp3) is 0.533. The molecule has 0 spiro atoms. The van der Waals surface area contributed by atoms with Gasteiger partial charge in [-0.1, -0.05) is 18.0 Å². The summed E-state index contributed by atoms with van der Waals surface area (Å²) in [6.45, 7) is 1.79. The van der Waals surface area contributed by atoms with Crippen molar-refractivity contribution in [1.29, 1.82) is 5.26 Å². The molecule has 106 valence electrons. The number of halogens is 1. The molecule has 0 amide bonds. The molecular formula is C15H17ClN2O2. The SMILES string of the molecule is N#CC1CCCC1NCc1cc(Cl)c2c(c1)OCCO2. The van der Waals surface area contributed by atoms with Crippen LogP contribution in [0.1, 0.15) is 24.8 Å². The van der Waals surface area contributed by atoms with Crippen LogP contribution in [0.15, 0.2) is 12.1 Å². The average molecular weight is 293 g/mol. The minimum absolute atomic E-state index is 0.127. The molecule has 3 rings (SSSR count). The van der Waals surface area contributed by atoms with Gasteiger partial charge in [-0.05, 0) is 30.5 Å². The van der Waals surface area contributed by atoms with Gasteiger partial charge in [-0.3, -0.25) is 0 Å². The molecule has 1 saturated carbocycles. The van der Waals surface area contributed by atoms with Crippen LogP contribution in [0.25, 0.3) is 0 Å². The second kappa shape index (κ2) is 5.90. The summed E-state index contributed by atoms with van der Waals surface area (Å²) in [7, 11) is 0. The van der Waals surface area contributed by atoms with E-state index >= 15 is 0 Å². The summed E-state index contributed by atoms with van der Waals surface area (Å²) < 4.78 is 11.1. The standard InChI is InChI=1S/C15H17ClN2O2/c16-12-6-10(7-14-15(12)20-5-4-19-14)9-18-13-3-1-2-11(13)8-17/h6-7,11,13,18H,1-5,9H2. The lowest BCUT2D eigenvalue weighted by atomic mass is 10.1. The van der Waals surface area contributed by atoms with Crippen molar-refractivity contribution < 1.29 is 9.47 Å². The number of fused-ring (bicyclic) bond motifs is 1. The Morgan fingerprint density at radius 1 is 1.30 bits per heavy atom. The quantitative estimate of drug-likeness (QED) is 0.931. The van der Waals surface area contributed by atoms with Gasteiger partial charge in [0.2, 0.25) is 0 Å². The summed E-state index contributed by atoms with van der Waals surface area (Å²) in [5, 5.41) is 13.1. The van der Waals surface area contributed by atoms with Crippen LogP contribution in [0, 0.1) is 17.2 Å².